The molecule has 0 unspecified atom stereocenters. The van der Waals surface area contributed by atoms with E-state index < -0.39 is 0 Å². The van der Waals surface area contributed by atoms with E-state index in [9.17, 15) is 0 Å². The van der Waals surface area contributed by atoms with Crippen molar-refractivity contribution in [2.24, 2.45) is 0 Å². The van der Waals surface area contributed by atoms with E-state index in [1.807, 2.05) is 18.2 Å². The molecule has 0 aliphatic heterocycles. The summed E-state index contributed by atoms with van der Waals surface area (Å²) in [6.07, 6.45) is 0. The summed E-state index contributed by atoms with van der Waals surface area (Å²) in [7, 11) is 0. The van der Waals surface area contributed by atoms with Gasteiger partial charge in [0.2, 0.25) is 0 Å². The predicted molar refractivity (Wildman–Crippen MR) is 237 cm³/mol. The largest absolute Gasteiger partial charge is 0.456 e. The zero-order valence-electron chi connectivity index (χ0n) is 31.0. The van der Waals surface area contributed by atoms with Crippen LogP contribution in [-0.4, -0.2) is 0 Å². The van der Waals surface area contributed by atoms with Crippen LogP contribution in [0, 0.1) is 0 Å². The summed E-state index contributed by atoms with van der Waals surface area (Å²) in [5.74, 6) is 0. The third-order valence-corrected chi connectivity index (χ3v) is 11.1. The molecule has 0 saturated carbocycles. The molecule has 0 amide bonds. The van der Waals surface area contributed by atoms with Crippen LogP contribution >= 0.6 is 0 Å². The number of hydrogen-bond donors (Lipinski definition) is 0. The lowest BCUT2D eigenvalue weighted by atomic mass is 9.98. The summed E-state index contributed by atoms with van der Waals surface area (Å²) in [6.45, 7) is 0. The minimum atomic E-state index is 0.887. The lowest BCUT2D eigenvalue weighted by molar-refractivity contribution is 0.669. The summed E-state index contributed by atoms with van der Waals surface area (Å²) < 4.78 is 12.7. The minimum absolute atomic E-state index is 0.887. The third kappa shape index (κ3) is 5.68. The molecule has 0 bridgehead atoms. The Morgan fingerprint density at radius 3 is 1.60 bits per heavy atom. The van der Waals surface area contributed by atoms with Gasteiger partial charge < -0.3 is 13.7 Å². The Morgan fingerprint density at radius 1 is 0.298 bits per heavy atom. The zero-order valence-corrected chi connectivity index (χ0v) is 31.0. The molecular weight excluding hydrogens is 695 g/mol. The third-order valence-electron chi connectivity index (χ3n) is 11.1. The van der Waals surface area contributed by atoms with E-state index in [0.717, 1.165) is 99.9 Å². The lowest BCUT2D eigenvalue weighted by Gasteiger charge is -2.28. The minimum Gasteiger partial charge on any atom is -0.456 e. The first kappa shape index (κ1) is 32.8. The molecule has 2 heterocycles. The quantitative estimate of drug-likeness (QED) is 0.164. The van der Waals surface area contributed by atoms with E-state index in [2.05, 4.69) is 199 Å². The van der Waals surface area contributed by atoms with Gasteiger partial charge in [0.05, 0.1) is 5.69 Å². The number of fused-ring (bicyclic) bond motifs is 6. The van der Waals surface area contributed by atoms with Gasteiger partial charge in [-0.3, -0.25) is 0 Å². The molecular formula is C54H35NO2. The summed E-state index contributed by atoms with van der Waals surface area (Å²) in [5.41, 5.74) is 16.0. The van der Waals surface area contributed by atoms with Crippen LogP contribution in [0.25, 0.3) is 88.4 Å². The maximum atomic E-state index is 6.49. The average Bonchev–Trinajstić information content (AvgIpc) is 3.86. The van der Waals surface area contributed by atoms with E-state index in [-0.39, 0.29) is 0 Å². The van der Waals surface area contributed by atoms with Crippen molar-refractivity contribution in [2.75, 3.05) is 4.90 Å². The normalized spacial score (nSPS) is 11.5. The van der Waals surface area contributed by atoms with Crippen molar-refractivity contribution in [3.05, 3.63) is 212 Å². The first-order chi connectivity index (χ1) is 28.3. The Hall–Kier alpha value is -7.62. The van der Waals surface area contributed by atoms with Crippen LogP contribution in [0.2, 0.25) is 0 Å². The van der Waals surface area contributed by atoms with Crippen molar-refractivity contribution in [3.8, 4) is 44.5 Å². The molecule has 0 aliphatic carbocycles. The molecule has 0 aliphatic rings. The Morgan fingerprint density at radius 2 is 0.825 bits per heavy atom. The molecule has 3 nitrogen and oxygen atoms in total. The van der Waals surface area contributed by atoms with Crippen LogP contribution in [-0.2, 0) is 0 Å². The number of nitrogens with zero attached hydrogens (tertiary/aromatic N) is 1. The second kappa shape index (κ2) is 13.6. The van der Waals surface area contributed by atoms with Gasteiger partial charge in [0.1, 0.15) is 22.3 Å². The highest BCUT2D eigenvalue weighted by atomic mass is 16.3. The number of para-hydroxylation sites is 3. The molecule has 268 valence electrons. The molecule has 0 N–H and O–H groups in total. The Labute approximate surface area is 330 Å². The second-order valence-electron chi connectivity index (χ2n) is 14.5. The average molecular weight is 730 g/mol. The van der Waals surface area contributed by atoms with Gasteiger partial charge in [0, 0.05) is 44.0 Å². The van der Waals surface area contributed by atoms with Gasteiger partial charge in [0.25, 0.3) is 0 Å². The van der Waals surface area contributed by atoms with Crippen molar-refractivity contribution in [2.45, 2.75) is 0 Å². The summed E-state index contributed by atoms with van der Waals surface area (Å²) in [4.78, 5) is 2.36. The SMILES string of the molecule is c1ccc(-c2ccccc2N(c2ccc(-c3ccc4oc5c(-c6ccccc6)cccc5c4c3)cc2)c2ccc(-c3cccc4oc5ccccc5c34)cc2)cc1. The number of benzene rings is 9. The van der Waals surface area contributed by atoms with Gasteiger partial charge in [-0.05, 0) is 88.0 Å². The number of anilines is 3. The van der Waals surface area contributed by atoms with Crippen molar-refractivity contribution in [1.29, 1.82) is 0 Å². The predicted octanol–water partition coefficient (Wildman–Crippen LogP) is 15.6. The first-order valence-electron chi connectivity index (χ1n) is 19.3. The van der Waals surface area contributed by atoms with E-state index in [1.165, 1.54) is 5.56 Å². The van der Waals surface area contributed by atoms with E-state index in [4.69, 9.17) is 8.83 Å². The molecule has 0 spiro atoms. The van der Waals surface area contributed by atoms with Gasteiger partial charge in [-0.2, -0.15) is 0 Å². The number of furan rings is 2. The molecule has 2 aromatic heterocycles. The van der Waals surface area contributed by atoms with Crippen molar-refractivity contribution in [3.63, 3.8) is 0 Å². The lowest BCUT2D eigenvalue weighted by Crippen LogP contribution is -2.11. The maximum absolute atomic E-state index is 6.49. The number of rotatable bonds is 7. The van der Waals surface area contributed by atoms with Crippen LogP contribution in [0.1, 0.15) is 0 Å². The Bertz CT molecular complexity index is 3210. The van der Waals surface area contributed by atoms with Gasteiger partial charge in [-0.1, -0.05) is 158 Å². The summed E-state index contributed by atoms with van der Waals surface area (Å²) in [5, 5.41) is 4.50. The fourth-order valence-electron chi connectivity index (χ4n) is 8.39. The highest BCUT2D eigenvalue weighted by molar-refractivity contribution is 6.13. The molecule has 11 aromatic rings. The van der Waals surface area contributed by atoms with Crippen LogP contribution in [0.3, 0.4) is 0 Å². The molecule has 0 radical (unpaired) electrons. The standard InChI is InChI=1S/C54H35NO2/c1-3-13-37(14-4-1)43-17-7-9-22-49(43)55(42-32-27-39(28-33-42)44-19-12-24-52-53(44)47-18-8-10-23-50(47)56-52)41-30-25-36(26-31-41)40-29-34-51-48(35-40)46-21-11-20-45(54(46)57-51)38-15-5-2-6-16-38/h1-35H. The second-order valence-corrected chi connectivity index (χ2v) is 14.5. The summed E-state index contributed by atoms with van der Waals surface area (Å²) in [6, 6.07) is 75.1. The Balaban J connectivity index is 1.00. The first-order valence-corrected chi connectivity index (χ1v) is 19.3. The van der Waals surface area contributed by atoms with Crippen molar-refractivity contribution >= 4 is 60.9 Å². The Kier molecular flexibility index (Phi) is 7.82. The summed E-state index contributed by atoms with van der Waals surface area (Å²) >= 11 is 0. The van der Waals surface area contributed by atoms with Gasteiger partial charge >= 0.3 is 0 Å². The monoisotopic (exact) mass is 729 g/mol. The van der Waals surface area contributed by atoms with Gasteiger partial charge in [-0.25, -0.2) is 0 Å². The van der Waals surface area contributed by atoms with E-state index in [0.29, 0.717) is 0 Å². The van der Waals surface area contributed by atoms with Crippen LogP contribution in [0.15, 0.2) is 221 Å². The molecule has 11 rings (SSSR count). The molecule has 57 heavy (non-hydrogen) atoms. The van der Waals surface area contributed by atoms with E-state index >= 15 is 0 Å². The van der Waals surface area contributed by atoms with Crippen molar-refractivity contribution < 1.29 is 8.83 Å². The van der Waals surface area contributed by atoms with Crippen LogP contribution in [0.5, 0.6) is 0 Å². The fraction of sp³-hybridized carbons (Fsp3) is 0. The molecule has 0 fully saturated rings. The van der Waals surface area contributed by atoms with Crippen molar-refractivity contribution in [1.82, 2.24) is 0 Å². The smallest absolute Gasteiger partial charge is 0.143 e. The molecule has 0 atom stereocenters. The van der Waals surface area contributed by atoms with Gasteiger partial charge in [-0.15, -0.1) is 0 Å². The molecule has 9 aromatic carbocycles. The molecule has 3 heteroatoms. The fourth-order valence-corrected chi connectivity index (χ4v) is 8.39. The van der Waals surface area contributed by atoms with Gasteiger partial charge in [0.15, 0.2) is 0 Å². The topological polar surface area (TPSA) is 29.5 Å². The highest BCUT2D eigenvalue weighted by Gasteiger charge is 2.19. The van der Waals surface area contributed by atoms with Crippen LogP contribution < -0.4 is 4.90 Å². The molecule has 0 saturated heterocycles. The maximum Gasteiger partial charge on any atom is 0.143 e. The number of hydrogen-bond acceptors (Lipinski definition) is 3. The van der Waals surface area contributed by atoms with E-state index in [1.54, 1.807) is 0 Å². The zero-order chi connectivity index (χ0) is 37.7. The highest BCUT2D eigenvalue weighted by Crippen LogP contribution is 2.44. The van der Waals surface area contributed by atoms with Crippen LogP contribution in [0.4, 0.5) is 17.1 Å².